The number of rotatable bonds is 5. The third kappa shape index (κ3) is 4.32. The van der Waals surface area contributed by atoms with Gasteiger partial charge in [-0.3, -0.25) is 9.59 Å². The predicted octanol–water partition coefficient (Wildman–Crippen LogP) is 1.12. The molecule has 0 saturated heterocycles. The van der Waals surface area contributed by atoms with E-state index in [1.807, 2.05) is 0 Å². The van der Waals surface area contributed by atoms with Gasteiger partial charge >= 0.3 is 5.97 Å². The molecule has 0 aromatic heterocycles. The zero-order valence-corrected chi connectivity index (χ0v) is 9.35. The Morgan fingerprint density at radius 3 is 2.21 bits per heavy atom. The van der Waals surface area contributed by atoms with Crippen molar-refractivity contribution in [3.8, 4) is 0 Å². The fraction of sp³-hybridized carbons (Fsp3) is 0.667. The maximum absolute atomic E-state index is 11.1. The molecule has 0 aliphatic heterocycles. The minimum Gasteiger partial charge on any atom is -0.489 e. The molecule has 0 radical (unpaired) electrons. The largest absolute Gasteiger partial charge is 0.489 e. The first-order valence-electron chi connectivity index (χ1n) is 4.18. The summed E-state index contributed by atoms with van der Waals surface area (Å²) in [5, 5.41) is 0.224. The number of carbonyl (C=O) groups excluding carboxylic acids is 2. The molecule has 0 amide bonds. The molecule has 5 heteroatoms. The van der Waals surface area contributed by atoms with E-state index in [9.17, 15) is 9.59 Å². The van der Waals surface area contributed by atoms with Crippen LogP contribution in [0.4, 0.5) is 0 Å². The zero-order valence-electron chi connectivity index (χ0n) is 8.53. The molecule has 0 aromatic carbocycles. The Labute approximate surface area is 88.6 Å². The van der Waals surface area contributed by atoms with Gasteiger partial charge in [-0.2, -0.15) is 0 Å². The second kappa shape index (κ2) is 6.48. The number of Topliss-reactive ketones (excluding diaryl/α,β-unsaturated/α-hetero) is 1. The predicted molar refractivity (Wildman–Crippen MR) is 55.0 cm³/mol. The summed E-state index contributed by atoms with van der Waals surface area (Å²) in [7, 11) is 2.72. The first kappa shape index (κ1) is 13.0. The van der Waals surface area contributed by atoms with Crippen LogP contribution in [0.5, 0.6) is 0 Å². The molecule has 0 N–H and O–H groups in total. The Bertz CT molecular complexity index is 237. The summed E-state index contributed by atoms with van der Waals surface area (Å²) < 4.78 is 9.26. The highest BCUT2D eigenvalue weighted by atomic mass is 32.1. The quantitative estimate of drug-likeness (QED) is 0.511. The summed E-state index contributed by atoms with van der Waals surface area (Å²) >= 11 is 4.85. The van der Waals surface area contributed by atoms with E-state index in [1.54, 1.807) is 0 Å². The molecule has 0 aliphatic rings. The van der Waals surface area contributed by atoms with Crippen LogP contribution >= 0.6 is 12.2 Å². The monoisotopic (exact) mass is 218 g/mol. The number of ketones is 1. The molecular formula is C9H14O4S. The van der Waals surface area contributed by atoms with Gasteiger partial charge in [0.25, 0.3) is 0 Å². The number of esters is 1. The smallest absolute Gasteiger partial charge is 0.305 e. The Morgan fingerprint density at radius 1 is 1.29 bits per heavy atom. The van der Waals surface area contributed by atoms with E-state index in [0.717, 1.165) is 0 Å². The summed E-state index contributed by atoms with van der Waals surface area (Å²) in [4.78, 5) is 22.0. The summed E-state index contributed by atoms with van der Waals surface area (Å²) in [5.74, 6) is -0.940. The van der Waals surface area contributed by atoms with Gasteiger partial charge in [-0.15, -0.1) is 0 Å². The lowest BCUT2D eigenvalue weighted by atomic mass is 10.0. The van der Waals surface area contributed by atoms with Crippen molar-refractivity contribution in [2.45, 2.75) is 19.8 Å². The molecule has 0 heterocycles. The van der Waals surface area contributed by atoms with E-state index < -0.39 is 5.92 Å². The molecular weight excluding hydrogens is 204 g/mol. The van der Waals surface area contributed by atoms with Gasteiger partial charge in [-0.25, -0.2) is 0 Å². The third-order valence-electron chi connectivity index (χ3n) is 1.84. The molecule has 80 valence electrons. The molecule has 1 unspecified atom stereocenters. The molecule has 0 fully saturated rings. The third-order valence-corrected chi connectivity index (χ3v) is 2.29. The van der Waals surface area contributed by atoms with Gasteiger partial charge in [0.2, 0.25) is 0 Å². The van der Waals surface area contributed by atoms with Crippen LogP contribution in [0.25, 0.3) is 0 Å². The van der Waals surface area contributed by atoms with E-state index in [2.05, 4.69) is 4.74 Å². The molecule has 1 atom stereocenters. The molecule has 0 rings (SSSR count). The van der Waals surface area contributed by atoms with Crippen molar-refractivity contribution in [1.82, 2.24) is 0 Å². The standard InChI is InChI=1S/C9H14O4S/c1-6(10)7(9(14)13-3)4-5-8(11)12-2/h7H,4-5H2,1-3H3. The lowest BCUT2D eigenvalue weighted by Gasteiger charge is -2.12. The average Bonchev–Trinajstić information content (AvgIpc) is 2.16. The van der Waals surface area contributed by atoms with Gasteiger partial charge in [-0.05, 0) is 25.6 Å². The highest BCUT2D eigenvalue weighted by molar-refractivity contribution is 7.80. The van der Waals surface area contributed by atoms with Crippen molar-refractivity contribution in [2.75, 3.05) is 14.2 Å². The van der Waals surface area contributed by atoms with E-state index in [4.69, 9.17) is 17.0 Å². The van der Waals surface area contributed by atoms with Gasteiger partial charge < -0.3 is 9.47 Å². The SMILES string of the molecule is COC(=O)CCC(C(C)=O)C(=S)OC. The molecule has 14 heavy (non-hydrogen) atoms. The van der Waals surface area contributed by atoms with E-state index in [1.165, 1.54) is 21.1 Å². The van der Waals surface area contributed by atoms with E-state index in [0.29, 0.717) is 6.42 Å². The number of hydrogen-bond donors (Lipinski definition) is 0. The number of thiocarbonyl (C=S) groups is 1. The van der Waals surface area contributed by atoms with Gasteiger partial charge in [0, 0.05) is 6.42 Å². The van der Waals surface area contributed by atoms with E-state index in [-0.39, 0.29) is 23.2 Å². The van der Waals surface area contributed by atoms with Crippen LogP contribution in [-0.2, 0) is 19.1 Å². The number of carbonyl (C=O) groups is 2. The maximum atomic E-state index is 11.1. The van der Waals surface area contributed by atoms with Crippen LogP contribution < -0.4 is 0 Å². The Kier molecular flexibility index (Phi) is 6.03. The van der Waals surface area contributed by atoms with Crippen LogP contribution in [0.2, 0.25) is 0 Å². The van der Waals surface area contributed by atoms with Gasteiger partial charge in [0.05, 0.1) is 20.1 Å². The van der Waals surface area contributed by atoms with Gasteiger partial charge in [-0.1, -0.05) is 0 Å². The Morgan fingerprint density at radius 2 is 1.86 bits per heavy atom. The number of hydrogen-bond acceptors (Lipinski definition) is 5. The Balaban J connectivity index is 4.18. The van der Waals surface area contributed by atoms with Crippen molar-refractivity contribution in [3.05, 3.63) is 0 Å². The van der Waals surface area contributed by atoms with Gasteiger partial charge in [0.1, 0.15) is 5.78 Å². The normalized spacial score (nSPS) is 11.6. The molecule has 0 aliphatic carbocycles. The zero-order chi connectivity index (χ0) is 11.1. The molecule has 0 saturated carbocycles. The van der Waals surface area contributed by atoms with Crippen LogP contribution in [-0.4, -0.2) is 31.0 Å². The minimum atomic E-state index is -0.492. The second-order valence-corrected chi connectivity index (χ2v) is 3.20. The van der Waals surface area contributed by atoms with Gasteiger partial charge in [0.15, 0.2) is 5.05 Å². The first-order valence-corrected chi connectivity index (χ1v) is 4.58. The highest BCUT2D eigenvalue weighted by Gasteiger charge is 2.21. The topological polar surface area (TPSA) is 52.6 Å². The summed E-state index contributed by atoms with van der Waals surface area (Å²) in [6.45, 7) is 1.42. The summed E-state index contributed by atoms with van der Waals surface area (Å²) in [6.07, 6.45) is 0.513. The lowest BCUT2D eigenvalue weighted by Crippen LogP contribution is -2.22. The molecule has 0 spiro atoms. The summed E-state index contributed by atoms with van der Waals surface area (Å²) in [6, 6.07) is 0. The van der Waals surface area contributed by atoms with Crippen LogP contribution in [0, 0.1) is 5.92 Å². The molecule has 0 bridgehead atoms. The van der Waals surface area contributed by atoms with Crippen LogP contribution in [0.1, 0.15) is 19.8 Å². The van der Waals surface area contributed by atoms with Crippen molar-refractivity contribution < 1.29 is 19.1 Å². The number of methoxy groups -OCH3 is 2. The molecule has 0 aromatic rings. The van der Waals surface area contributed by atoms with Crippen molar-refractivity contribution in [2.24, 2.45) is 5.92 Å². The van der Waals surface area contributed by atoms with Crippen molar-refractivity contribution in [3.63, 3.8) is 0 Å². The fourth-order valence-corrected chi connectivity index (χ4v) is 1.28. The van der Waals surface area contributed by atoms with Crippen molar-refractivity contribution >= 4 is 29.0 Å². The lowest BCUT2D eigenvalue weighted by molar-refractivity contribution is -0.140. The Hall–Kier alpha value is -0.970. The van der Waals surface area contributed by atoms with Crippen LogP contribution in [0.15, 0.2) is 0 Å². The first-order chi connectivity index (χ1) is 6.52. The fourth-order valence-electron chi connectivity index (χ4n) is 0.994. The number of ether oxygens (including phenoxy) is 2. The van der Waals surface area contributed by atoms with Crippen molar-refractivity contribution in [1.29, 1.82) is 0 Å². The average molecular weight is 218 g/mol. The minimum absolute atomic E-state index is 0.0965. The second-order valence-electron chi connectivity index (χ2n) is 2.80. The maximum Gasteiger partial charge on any atom is 0.305 e. The van der Waals surface area contributed by atoms with Crippen LogP contribution in [0.3, 0.4) is 0 Å². The van der Waals surface area contributed by atoms with E-state index >= 15 is 0 Å². The molecule has 4 nitrogen and oxygen atoms in total. The summed E-state index contributed by atoms with van der Waals surface area (Å²) in [5.41, 5.74) is 0. The highest BCUT2D eigenvalue weighted by Crippen LogP contribution is 2.11.